The van der Waals surface area contributed by atoms with Gasteiger partial charge in [-0.15, -0.1) is 0 Å². The van der Waals surface area contributed by atoms with Crippen LogP contribution in [0, 0.1) is 0 Å². The summed E-state index contributed by atoms with van der Waals surface area (Å²) < 4.78 is 1.11. The molecule has 0 aliphatic carbocycles. The Kier molecular flexibility index (Phi) is 3.97. The Bertz CT molecular complexity index is 508. The predicted octanol–water partition coefficient (Wildman–Crippen LogP) is 4.40. The lowest BCUT2D eigenvalue weighted by molar-refractivity contribution is 0.654. The Balaban J connectivity index is 2.52. The average Bonchev–Trinajstić information content (AvgIpc) is 2.38. The first-order valence-electron chi connectivity index (χ1n) is 5.74. The Morgan fingerprint density at radius 1 is 1.06 bits per heavy atom. The van der Waals surface area contributed by atoms with Crippen LogP contribution in [0.15, 0.2) is 53.0 Å². The molecule has 0 saturated heterocycles. The molecule has 1 unspecified atom stereocenters. The predicted molar refractivity (Wildman–Crippen MR) is 77.1 cm³/mol. The molecular formula is C15H16BrN. The number of nitrogens with one attached hydrogen (secondary N) is 1. The fraction of sp³-hybridized carbons (Fsp3) is 0.200. The van der Waals surface area contributed by atoms with Crippen molar-refractivity contribution < 1.29 is 0 Å². The minimum atomic E-state index is 0.352. The molecule has 1 atom stereocenters. The molecule has 0 saturated carbocycles. The summed E-state index contributed by atoms with van der Waals surface area (Å²) in [7, 11) is 1.99. The van der Waals surface area contributed by atoms with Crippen LogP contribution < -0.4 is 5.32 Å². The highest BCUT2D eigenvalue weighted by Crippen LogP contribution is 2.29. The van der Waals surface area contributed by atoms with Gasteiger partial charge in [0.2, 0.25) is 0 Å². The van der Waals surface area contributed by atoms with Gasteiger partial charge in [-0.3, -0.25) is 0 Å². The number of hydrogen-bond acceptors (Lipinski definition) is 1. The van der Waals surface area contributed by atoms with Crippen molar-refractivity contribution in [2.45, 2.75) is 13.0 Å². The zero-order chi connectivity index (χ0) is 12.3. The summed E-state index contributed by atoms with van der Waals surface area (Å²) in [5.41, 5.74) is 3.86. The van der Waals surface area contributed by atoms with Crippen LogP contribution in [-0.4, -0.2) is 7.05 Å². The first kappa shape index (κ1) is 12.3. The van der Waals surface area contributed by atoms with Crippen LogP contribution in [0.5, 0.6) is 0 Å². The minimum absolute atomic E-state index is 0.352. The summed E-state index contributed by atoms with van der Waals surface area (Å²) in [4.78, 5) is 0. The third-order valence-electron chi connectivity index (χ3n) is 3.00. The van der Waals surface area contributed by atoms with Crippen molar-refractivity contribution in [2.24, 2.45) is 0 Å². The molecule has 17 heavy (non-hydrogen) atoms. The van der Waals surface area contributed by atoms with Crippen molar-refractivity contribution >= 4 is 15.9 Å². The minimum Gasteiger partial charge on any atom is -0.313 e. The van der Waals surface area contributed by atoms with Crippen LogP contribution in [-0.2, 0) is 0 Å². The molecule has 0 radical (unpaired) electrons. The third-order valence-corrected chi connectivity index (χ3v) is 3.49. The molecule has 0 aliphatic rings. The molecule has 0 bridgehead atoms. The molecule has 0 aromatic heterocycles. The zero-order valence-corrected chi connectivity index (χ0v) is 11.7. The molecule has 2 aromatic carbocycles. The second-order valence-corrected chi connectivity index (χ2v) is 5.02. The maximum Gasteiger partial charge on any atom is 0.0295 e. The first-order valence-corrected chi connectivity index (χ1v) is 6.54. The molecule has 0 heterocycles. The van der Waals surface area contributed by atoms with Gasteiger partial charge in [0.25, 0.3) is 0 Å². The summed E-state index contributed by atoms with van der Waals surface area (Å²) in [5.74, 6) is 0. The van der Waals surface area contributed by atoms with E-state index < -0.39 is 0 Å². The van der Waals surface area contributed by atoms with E-state index in [1.54, 1.807) is 0 Å². The van der Waals surface area contributed by atoms with Crippen LogP contribution >= 0.6 is 15.9 Å². The van der Waals surface area contributed by atoms with Gasteiger partial charge >= 0.3 is 0 Å². The average molecular weight is 290 g/mol. The van der Waals surface area contributed by atoms with Gasteiger partial charge in [0.15, 0.2) is 0 Å². The lowest BCUT2D eigenvalue weighted by atomic mass is 9.96. The Hall–Kier alpha value is -1.12. The van der Waals surface area contributed by atoms with Crippen LogP contribution in [0.4, 0.5) is 0 Å². The molecule has 1 nitrogen and oxygen atoms in total. The SMILES string of the molecule is CNC(C)c1ccccc1-c1cccc(Br)c1. The highest BCUT2D eigenvalue weighted by atomic mass is 79.9. The van der Waals surface area contributed by atoms with Gasteiger partial charge in [-0.05, 0) is 42.8 Å². The lowest BCUT2D eigenvalue weighted by Crippen LogP contribution is -2.13. The number of halogens is 1. The summed E-state index contributed by atoms with van der Waals surface area (Å²) in [6.45, 7) is 2.18. The van der Waals surface area contributed by atoms with Crippen LogP contribution in [0.3, 0.4) is 0 Å². The highest BCUT2D eigenvalue weighted by Gasteiger charge is 2.09. The second kappa shape index (κ2) is 5.48. The molecule has 2 aromatic rings. The van der Waals surface area contributed by atoms with Crippen LogP contribution in [0.25, 0.3) is 11.1 Å². The number of benzene rings is 2. The molecule has 0 amide bonds. The molecule has 2 rings (SSSR count). The van der Waals surface area contributed by atoms with Crippen LogP contribution in [0.1, 0.15) is 18.5 Å². The van der Waals surface area contributed by atoms with Crippen molar-refractivity contribution in [3.05, 3.63) is 58.6 Å². The lowest BCUT2D eigenvalue weighted by Gasteiger charge is -2.16. The number of rotatable bonds is 3. The van der Waals surface area contributed by atoms with Crippen molar-refractivity contribution in [3.63, 3.8) is 0 Å². The van der Waals surface area contributed by atoms with Gasteiger partial charge in [0, 0.05) is 10.5 Å². The standard InChI is InChI=1S/C15H16BrN/c1-11(17-2)14-8-3-4-9-15(14)12-6-5-7-13(16)10-12/h3-11,17H,1-2H3. The maximum absolute atomic E-state index is 3.52. The van der Waals surface area contributed by atoms with Crippen molar-refractivity contribution in [2.75, 3.05) is 7.05 Å². The van der Waals surface area contributed by atoms with Gasteiger partial charge in [0.1, 0.15) is 0 Å². The van der Waals surface area contributed by atoms with Crippen molar-refractivity contribution in [1.82, 2.24) is 5.32 Å². The molecule has 2 heteroatoms. The van der Waals surface area contributed by atoms with Gasteiger partial charge in [-0.2, -0.15) is 0 Å². The Morgan fingerprint density at radius 2 is 1.82 bits per heavy atom. The highest BCUT2D eigenvalue weighted by molar-refractivity contribution is 9.10. The molecule has 0 spiro atoms. The normalized spacial score (nSPS) is 12.4. The fourth-order valence-corrected chi connectivity index (χ4v) is 2.35. The molecule has 88 valence electrons. The van der Waals surface area contributed by atoms with E-state index in [1.165, 1.54) is 16.7 Å². The van der Waals surface area contributed by atoms with E-state index in [9.17, 15) is 0 Å². The molecule has 1 N–H and O–H groups in total. The molecule has 0 aliphatic heterocycles. The smallest absolute Gasteiger partial charge is 0.0295 e. The summed E-state index contributed by atoms with van der Waals surface area (Å²) >= 11 is 3.52. The zero-order valence-electron chi connectivity index (χ0n) is 10.1. The van der Waals surface area contributed by atoms with E-state index in [0.717, 1.165) is 4.47 Å². The van der Waals surface area contributed by atoms with E-state index in [1.807, 2.05) is 13.1 Å². The third kappa shape index (κ3) is 2.76. The Labute approximate surface area is 111 Å². The van der Waals surface area contributed by atoms with Crippen LogP contribution in [0.2, 0.25) is 0 Å². The molecular weight excluding hydrogens is 274 g/mol. The summed E-state index contributed by atoms with van der Waals surface area (Å²) in [6.07, 6.45) is 0. The van der Waals surface area contributed by atoms with Crippen molar-refractivity contribution in [3.8, 4) is 11.1 Å². The second-order valence-electron chi connectivity index (χ2n) is 4.11. The van der Waals surface area contributed by atoms with E-state index in [4.69, 9.17) is 0 Å². The van der Waals surface area contributed by atoms with Crippen molar-refractivity contribution in [1.29, 1.82) is 0 Å². The van der Waals surface area contributed by atoms with E-state index in [-0.39, 0.29) is 0 Å². The maximum atomic E-state index is 3.52. The topological polar surface area (TPSA) is 12.0 Å². The first-order chi connectivity index (χ1) is 8.22. The number of hydrogen-bond donors (Lipinski definition) is 1. The van der Waals surface area contributed by atoms with E-state index in [0.29, 0.717) is 6.04 Å². The molecule has 0 fully saturated rings. The summed E-state index contributed by atoms with van der Waals surface area (Å²) in [5, 5.41) is 3.29. The van der Waals surface area contributed by atoms with Gasteiger partial charge in [0.05, 0.1) is 0 Å². The fourth-order valence-electron chi connectivity index (χ4n) is 1.95. The monoisotopic (exact) mass is 289 g/mol. The van der Waals surface area contributed by atoms with Gasteiger partial charge in [-0.1, -0.05) is 52.3 Å². The van der Waals surface area contributed by atoms with Gasteiger partial charge < -0.3 is 5.32 Å². The van der Waals surface area contributed by atoms with E-state index in [2.05, 4.69) is 70.6 Å². The summed E-state index contributed by atoms with van der Waals surface area (Å²) in [6, 6.07) is 17.3. The van der Waals surface area contributed by atoms with Gasteiger partial charge in [-0.25, -0.2) is 0 Å². The quantitative estimate of drug-likeness (QED) is 0.883. The van der Waals surface area contributed by atoms with E-state index >= 15 is 0 Å². The Morgan fingerprint density at radius 3 is 2.53 bits per heavy atom. The largest absolute Gasteiger partial charge is 0.313 e.